The van der Waals surface area contributed by atoms with Gasteiger partial charge in [-0.05, 0) is 90.8 Å². The van der Waals surface area contributed by atoms with E-state index in [-0.39, 0.29) is 44.5 Å². The van der Waals surface area contributed by atoms with Crippen molar-refractivity contribution >= 4 is 21.5 Å². The van der Waals surface area contributed by atoms with E-state index in [9.17, 15) is 45.5 Å². The van der Waals surface area contributed by atoms with Gasteiger partial charge in [-0.25, -0.2) is 4.57 Å². The summed E-state index contributed by atoms with van der Waals surface area (Å²) in [6.45, 7) is 1.84. The summed E-state index contributed by atoms with van der Waals surface area (Å²) >= 11 is 0. The zero-order chi connectivity index (χ0) is 38.0. The molecule has 0 amide bonds. The van der Waals surface area contributed by atoms with Crippen LogP contribution in [0.5, 0.6) is 23.0 Å². The number of rotatable bonds is 7. The van der Waals surface area contributed by atoms with Crippen LogP contribution in [0, 0.1) is 6.92 Å². The van der Waals surface area contributed by atoms with Gasteiger partial charge in [-0.1, -0.05) is 42.0 Å². The minimum Gasteiger partial charge on any atom is -0.457 e. The van der Waals surface area contributed by atoms with Crippen molar-refractivity contribution < 1.29 is 35.8 Å². The van der Waals surface area contributed by atoms with Crippen LogP contribution >= 0.6 is 0 Å². The Bertz CT molecular complexity index is 2630. The molecule has 268 valence electrons. The number of aryl methyl sites for hydroxylation is 1. The van der Waals surface area contributed by atoms with E-state index in [2.05, 4.69) is 0 Å². The standard InChI is InChI=1S/C39H24F6N2O6/c1-21-3-11-25(12-4-21)52-26-13-5-22(6-14-26)37(38(40,41)42,39(43,44)45)23-7-15-27(16-8-23)53-28-17-9-24(10-18-28)47-35(50)31-19-29-30(20-32(31)36(47)51)34(49)46(2)33(29)48/h3-20H,1-2H3. The van der Waals surface area contributed by atoms with Crippen LogP contribution in [-0.4, -0.2) is 21.5 Å². The molecule has 7 aromatic rings. The summed E-state index contributed by atoms with van der Waals surface area (Å²) in [5.41, 5.74) is -8.23. The number of alkyl halides is 6. The summed E-state index contributed by atoms with van der Waals surface area (Å²) < 4.78 is 101. The molecule has 8 nitrogen and oxygen atoms in total. The molecule has 0 aliphatic rings. The van der Waals surface area contributed by atoms with Gasteiger partial charge in [0.1, 0.15) is 23.0 Å². The van der Waals surface area contributed by atoms with E-state index in [1.807, 2.05) is 6.92 Å². The Balaban J connectivity index is 1.17. The molecule has 0 radical (unpaired) electrons. The second kappa shape index (κ2) is 12.4. The van der Waals surface area contributed by atoms with Crippen molar-refractivity contribution in [2.24, 2.45) is 7.05 Å². The number of hydrogen-bond donors (Lipinski definition) is 0. The molecule has 0 spiro atoms. The van der Waals surface area contributed by atoms with Crippen molar-refractivity contribution in [1.29, 1.82) is 0 Å². The summed E-state index contributed by atoms with van der Waals surface area (Å²) in [6, 6.07) is 21.3. The van der Waals surface area contributed by atoms with Crippen LogP contribution in [0.4, 0.5) is 26.3 Å². The highest BCUT2D eigenvalue weighted by atomic mass is 19.4. The van der Waals surface area contributed by atoms with Gasteiger partial charge in [0.2, 0.25) is 5.41 Å². The average molecular weight is 731 g/mol. The van der Waals surface area contributed by atoms with E-state index in [1.165, 1.54) is 43.4 Å². The van der Waals surface area contributed by atoms with Crippen LogP contribution in [-0.2, 0) is 12.5 Å². The zero-order valence-corrected chi connectivity index (χ0v) is 27.5. The Morgan fingerprint density at radius 3 is 1.15 bits per heavy atom. The van der Waals surface area contributed by atoms with Crippen LogP contribution in [0.2, 0.25) is 0 Å². The molecule has 2 heterocycles. The van der Waals surface area contributed by atoms with E-state index in [0.717, 1.165) is 51.1 Å². The predicted molar refractivity (Wildman–Crippen MR) is 184 cm³/mol. The van der Waals surface area contributed by atoms with Crippen LogP contribution < -0.4 is 31.7 Å². The molecule has 0 N–H and O–H groups in total. The molecule has 2 aromatic heterocycles. The third-order valence-electron chi connectivity index (χ3n) is 9.11. The number of halogens is 6. The largest absolute Gasteiger partial charge is 0.457 e. The molecule has 0 bridgehead atoms. The third-order valence-corrected chi connectivity index (χ3v) is 9.11. The number of benzene rings is 5. The molecular formula is C39H24F6N2O6. The van der Waals surface area contributed by atoms with Crippen molar-refractivity contribution in [2.45, 2.75) is 24.7 Å². The summed E-state index contributed by atoms with van der Waals surface area (Å²) in [4.78, 5) is 51.2. The summed E-state index contributed by atoms with van der Waals surface area (Å²) in [5, 5.41) is -0.131. The first-order chi connectivity index (χ1) is 25.0. The van der Waals surface area contributed by atoms with E-state index < -0.39 is 51.1 Å². The maximum Gasteiger partial charge on any atom is 0.411 e. The van der Waals surface area contributed by atoms with E-state index in [0.29, 0.717) is 17.9 Å². The Morgan fingerprint density at radius 1 is 0.472 bits per heavy atom. The second-order valence-electron chi connectivity index (χ2n) is 12.4. The molecule has 53 heavy (non-hydrogen) atoms. The van der Waals surface area contributed by atoms with Gasteiger partial charge in [0.25, 0.3) is 22.2 Å². The first-order valence-corrected chi connectivity index (χ1v) is 15.8. The smallest absolute Gasteiger partial charge is 0.411 e. The highest BCUT2D eigenvalue weighted by Gasteiger charge is 2.72. The lowest BCUT2D eigenvalue weighted by atomic mass is 9.73. The molecule has 5 aromatic carbocycles. The van der Waals surface area contributed by atoms with E-state index in [4.69, 9.17) is 9.47 Å². The fourth-order valence-corrected chi connectivity index (χ4v) is 6.40. The van der Waals surface area contributed by atoms with Gasteiger partial charge < -0.3 is 9.47 Å². The third kappa shape index (κ3) is 5.66. The first-order valence-electron chi connectivity index (χ1n) is 15.8. The predicted octanol–water partition coefficient (Wildman–Crippen LogP) is 7.74. The van der Waals surface area contributed by atoms with Crippen LogP contribution in [0.3, 0.4) is 0 Å². The van der Waals surface area contributed by atoms with Gasteiger partial charge in [0.05, 0.1) is 27.2 Å². The van der Waals surface area contributed by atoms with Crippen molar-refractivity contribution in [2.75, 3.05) is 0 Å². The Labute approximate surface area is 294 Å². The number of nitrogens with zero attached hydrogens (tertiary/aromatic N) is 2. The number of aromatic nitrogens is 2. The quantitative estimate of drug-likeness (QED) is 0.156. The van der Waals surface area contributed by atoms with Crippen LogP contribution in [0.1, 0.15) is 16.7 Å². The van der Waals surface area contributed by atoms with Crippen molar-refractivity contribution in [1.82, 2.24) is 9.13 Å². The second-order valence-corrected chi connectivity index (χ2v) is 12.4. The van der Waals surface area contributed by atoms with Gasteiger partial charge in [-0.3, -0.25) is 23.7 Å². The molecule has 14 heteroatoms. The maximum absolute atomic E-state index is 14.7. The molecule has 0 saturated carbocycles. The normalized spacial score (nSPS) is 12.5. The first kappa shape index (κ1) is 35.0. The molecule has 0 aliphatic carbocycles. The van der Waals surface area contributed by atoms with Crippen LogP contribution in [0.15, 0.2) is 128 Å². The lowest BCUT2D eigenvalue weighted by molar-refractivity contribution is -0.288. The van der Waals surface area contributed by atoms with Gasteiger partial charge in [0, 0.05) is 7.05 Å². The van der Waals surface area contributed by atoms with Crippen molar-refractivity contribution in [3.05, 3.63) is 167 Å². The van der Waals surface area contributed by atoms with E-state index >= 15 is 0 Å². The summed E-state index contributed by atoms with van der Waals surface area (Å²) in [7, 11) is 1.28. The lowest BCUT2D eigenvalue weighted by Crippen LogP contribution is -2.54. The lowest BCUT2D eigenvalue weighted by Gasteiger charge is -2.38. The molecule has 0 saturated heterocycles. The molecule has 7 rings (SSSR count). The van der Waals surface area contributed by atoms with Crippen molar-refractivity contribution in [3.63, 3.8) is 0 Å². The number of hydrogen-bond acceptors (Lipinski definition) is 6. The van der Waals surface area contributed by atoms with E-state index in [1.54, 1.807) is 24.3 Å². The molecule has 0 atom stereocenters. The highest BCUT2D eigenvalue weighted by molar-refractivity contribution is 5.98. The minimum atomic E-state index is -5.81. The molecule has 0 aliphatic heterocycles. The fourth-order valence-electron chi connectivity index (χ4n) is 6.40. The maximum atomic E-state index is 14.7. The van der Waals surface area contributed by atoms with Gasteiger partial charge in [-0.2, -0.15) is 26.3 Å². The number of ether oxygens (including phenoxy) is 2. The summed E-state index contributed by atoms with van der Waals surface area (Å²) in [6.07, 6.45) is -11.6. The molecular weight excluding hydrogens is 706 g/mol. The van der Waals surface area contributed by atoms with Crippen LogP contribution in [0.25, 0.3) is 27.2 Å². The Hall–Kier alpha value is -6.44. The monoisotopic (exact) mass is 730 g/mol. The molecule has 0 unspecified atom stereocenters. The minimum absolute atomic E-state index is 0.00174. The highest BCUT2D eigenvalue weighted by Crippen LogP contribution is 2.56. The van der Waals surface area contributed by atoms with Gasteiger partial charge in [0.15, 0.2) is 0 Å². The van der Waals surface area contributed by atoms with Crippen molar-refractivity contribution in [3.8, 4) is 28.7 Å². The Morgan fingerprint density at radius 2 is 0.792 bits per heavy atom. The average Bonchev–Trinajstić information content (AvgIpc) is 3.48. The van der Waals surface area contributed by atoms with Gasteiger partial charge >= 0.3 is 12.4 Å². The van der Waals surface area contributed by atoms with Gasteiger partial charge in [-0.15, -0.1) is 0 Å². The zero-order valence-electron chi connectivity index (χ0n) is 27.5. The fraction of sp³-hybridized carbons (Fsp3) is 0.128. The number of fused-ring (bicyclic) bond motifs is 2. The SMILES string of the molecule is Cc1ccc(Oc2ccc(C(c3ccc(Oc4ccc(-n5c(=O)c6cc7c(=O)n(C)c(=O)c7cc6c5=O)cc4)cc3)(C(F)(F)F)C(F)(F)F)cc2)cc1. The molecule has 0 fully saturated rings. The topological polar surface area (TPSA) is 96.6 Å². The summed E-state index contributed by atoms with van der Waals surface area (Å²) in [5.74, 6) is 0.371. The Kier molecular flexibility index (Phi) is 8.16.